The molecule has 0 aliphatic carbocycles. The largest absolute Gasteiger partial charge is 0.359 e. The van der Waals surface area contributed by atoms with Gasteiger partial charge in [0.15, 0.2) is 0 Å². The molecule has 0 aliphatic rings. The molecule has 0 bridgehead atoms. The number of hydrogen-bond donors (Lipinski definition) is 1. The fourth-order valence-corrected chi connectivity index (χ4v) is 1.34. The number of carbonyl (C=O) groups excluding carboxylic acids is 1. The van der Waals surface area contributed by atoms with Gasteiger partial charge in [0.05, 0.1) is 0 Å². The molecule has 0 radical (unpaired) electrons. The number of hydrogen-bond acceptors (Lipinski definition) is 1. The van der Waals surface area contributed by atoms with Crippen LogP contribution in [0.15, 0.2) is 18.2 Å². The zero-order chi connectivity index (χ0) is 10.6. The first-order valence-electron chi connectivity index (χ1n) is 4.90. The highest BCUT2D eigenvalue weighted by Gasteiger charge is 2.00. The van der Waals surface area contributed by atoms with Crippen molar-refractivity contribution >= 4 is 5.91 Å². The Morgan fingerprint density at radius 2 is 2.00 bits per heavy atom. The van der Waals surface area contributed by atoms with Crippen molar-refractivity contribution in [3.05, 3.63) is 34.9 Å². The average molecular weight is 191 g/mol. The second kappa shape index (κ2) is 4.80. The molecule has 0 fully saturated rings. The second-order valence-electron chi connectivity index (χ2n) is 3.59. The smallest absolute Gasteiger partial charge is 0.220 e. The van der Waals surface area contributed by atoms with Crippen LogP contribution < -0.4 is 5.32 Å². The van der Waals surface area contributed by atoms with Crippen molar-refractivity contribution in [3.8, 4) is 0 Å². The standard InChI is InChI=1S/C12H17NO/c1-9-4-5-11(8-10(9)2)6-7-12(14)13-3/h4-5,8H,6-7H2,1-3H3,(H,13,14). The highest BCUT2D eigenvalue weighted by molar-refractivity contribution is 5.75. The molecule has 1 rings (SSSR count). The zero-order valence-corrected chi connectivity index (χ0v) is 9.05. The van der Waals surface area contributed by atoms with E-state index in [9.17, 15) is 4.79 Å². The van der Waals surface area contributed by atoms with Gasteiger partial charge < -0.3 is 5.32 Å². The summed E-state index contributed by atoms with van der Waals surface area (Å²) in [6.07, 6.45) is 1.39. The van der Waals surface area contributed by atoms with Gasteiger partial charge in [-0.05, 0) is 37.0 Å². The molecule has 0 aliphatic heterocycles. The van der Waals surface area contributed by atoms with Crippen LogP contribution in [0.25, 0.3) is 0 Å². The third kappa shape index (κ3) is 2.87. The van der Waals surface area contributed by atoms with Gasteiger partial charge in [-0.3, -0.25) is 4.79 Å². The molecular weight excluding hydrogens is 174 g/mol. The summed E-state index contributed by atoms with van der Waals surface area (Å²) in [5.41, 5.74) is 3.82. The highest BCUT2D eigenvalue weighted by Crippen LogP contribution is 2.11. The summed E-state index contributed by atoms with van der Waals surface area (Å²) in [6.45, 7) is 4.19. The second-order valence-corrected chi connectivity index (χ2v) is 3.59. The molecule has 0 saturated heterocycles. The zero-order valence-electron chi connectivity index (χ0n) is 9.05. The van der Waals surface area contributed by atoms with E-state index >= 15 is 0 Å². The van der Waals surface area contributed by atoms with Gasteiger partial charge in [0.2, 0.25) is 5.91 Å². The third-order valence-corrected chi connectivity index (χ3v) is 2.49. The van der Waals surface area contributed by atoms with Gasteiger partial charge in [0.1, 0.15) is 0 Å². The van der Waals surface area contributed by atoms with E-state index < -0.39 is 0 Å². The van der Waals surface area contributed by atoms with Crippen molar-refractivity contribution in [1.82, 2.24) is 5.32 Å². The minimum atomic E-state index is 0.100. The van der Waals surface area contributed by atoms with Crippen LogP contribution >= 0.6 is 0 Å². The molecule has 14 heavy (non-hydrogen) atoms. The van der Waals surface area contributed by atoms with E-state index in [0.29, 0.717) is 6.42 Å². The quantitative estimate of drug-likeness (QED) is 0.777. The summed E-state index contributed by atoms with van der Waals surface area (Å²) >= 11 is 0. The van der Waals surface area contributed by atoms with Crippen molar-refractivity contribution in [1.29, 1.82) is 0 Å². The highest BCUT2D eigenvalue weighted by atomic mass is 16.1. The van der Waals surface area contributed by atoms with E-state index in [2.05, 4.69) is 37.4 Å². The van der Waals surface area contributed by atoms with Gasteiger partial charge in [-0.1, -0.05) is 18.2 Å². The van der Waals surface area contributed by atoms with Gasteiger partial charge in [-0.2, -0.15) is 0 Å². The van der Waals surface area contributed by atoms with Gasteiger partial charge >= 0.3 is 0 Å². The number of benzene rings is 1. The van der Waals surface area contributed by atoms with Crippen LogP contribution in [0.1, 0.15) is 23.1 Å². The van der Waals surface area contributed by atoms with Gasteiger partial charge in [0, 0.05) is 13.5 Å². The number of rotatable bonds is 3. The van der Waals surface area contributed by atoms with Crippen molar-refractivity contribution in [2.45, 2.75) is 26.7 Å². The summed E-state index contributed by atoms with van der Waals surface area (Å²) in [5, 5.41) is 2.62. The first-order chi connectivity index (χ1) is 6.63. The number of nitrogens with one attached hydrogen (secondary N) is 1. The lowest BCUT2D eigenvalue weighted by atomic mass is 10.0. The molecule has 1 aromatic carbocycles. The van der Waals surface area contributed by atoms with E-state index in [4.69, 9.17) is 0 Å². The van der Waals surface area contributed by atoms with E-state index in [1.165, 1.54) is 16.7 Å². The lowest BCUT2D eigenvalue weighted by molar-refractivity contribution is -0.120. The summed E-state index contributed by atoms with van der Waals surface area (Å²) in [4.78, 5) is 11.0. The van der Waals surface area contributed by atoms with Crippen molar-refractivity contribution in [3.63, 3.8) is 0 Å². The molecule has 1 aromatic rings. The third-order valence-electron chi connectivity index (χ3n) is 2.49. The summed E-state index contributed by atoms with van der Waals surface area (Å²) in [5.74, 6) is 0.100. The Labute approximate surface area is 85.3 Å². The minimum absolute atomic E-state index is 0.100. The summed E-state index contributed by atoms with van der Waals surface area (Å²) in [6, 6.07) is 6.35. The Bertz CT molecular complexity index is 331. The molecule has 0 unspecified atom stereocenters. The first-order valence-corrected chi connectivity index (χ1v) is 4.90. The fourth-order valence-electron chi connectivity index (χ4n) is 1.34. The van der Waals surface area contributed by atoms with E-state index in [1.807, 2.05) is 0 Å². The Morgan fingerprint density at radius 1 is 1.29 bits per heavy atom. The number of amides is 1. The predicted molar refractivity (Wildman–Crippen MR) is 58.3 cm³/mol. The van der Waals surface area contributed by atoms with Crippen LogP contribution in [0, 0.1) is 13.8 Å². The van der Waals surface area contributed by atoms with E-state index in [-0.39, 0.29) is 5.91 Å². The number of aryl methyl sites for hydroxylation is 3. The average Bonchev–Trinajstić information content (AvgIpc) is 2.19. The van der Waals surface area contributed by atoms with E-state index in [0.717, 1.165) is 6.42 Å². The lowest BCUT2D eigenvalue weighted by Crippen LogP contribution is -2.17. The van der Waals surface area contributed by atoms with Gasteiger partial charge in [0.25, 0.3) is 0 Å². The SMILES string of the molecule is CNC(=O)CCc1ccc(C)c(C)c1. The Morgan fingerprint density at radius 3 is 2.57 bits per heavy atom. The predicted octanol–water partition coefficient (Wildman–Crippen LogP) is 1.98. The number of carbonyl (C=O) groups is 1. The molecule has 0 heterocycles. The maximum absolute atomic E-state index is 11.0. The Kier molecular flexibility index (Phi) is 3.69. The molecule has 0 atom stereocenters. The lowest BCUT2D eigenvalue weighted by Gasteiger charge is -2.04. The summed E-state index contributed by atoms with van der Waals surface area (Å²) in [7, 11) is 1.67. The molecular formula is C12H17NO. The van der Waals surface area contributed by atoms with Crippen LogP contribution in [-0.4, -0.2) is 13.0 Å². The Balaban J connectivity index is 2.60. The van der Waals surface area contributed by atoms with Crippen LogP contribution in [-0.2, 0) is 11.2 Å². The molecule has 0 saturated carbocycles. The van der Waals surface area contributed by atoms with Gasteiger partial charge in [-0.25, -0.2) is 0 Å². The molecule has 2 heteroatoms. The fraction of sp³-hybridized carbons (Fsp3) is 0.417. The maximum atomic E-state index is 11.0. The molecule has 0 aromatic heterocycles. The van der Waals surface area contributed by atoms with Gasteiger partial charge in [-0.15, -0.1) is 0 Å². The normalized spacial score (nSPS) is 9.93. The van der Waals surface area contributed by atoms with E-state index in [1.54, 1.807) is 7.05 Å². The van der Waals surface area contributed by atoms with Crippen LogP contribution in [0.3, 0.4) is 0 Å². The van der Waals surface area contributed by atoms with Crippen LogP contribution in [0.4, 0.5) is 0 Å². The van der Waals surface area contributed by atoms with Crippen molar-refractivity contribution < 1.29 is 4.79 Å². The molecule has 1 amide bonds. The maximum Gasteiger partial charge on any atom is 0.220 e. The Hall–Kier alpha value is -1.31. The minimum Gasteiger partial charge on any atom is -0.359 e. The van der Waals surface area contributed by atoms with Crippen LogP contribution in [0.2, 0.25) is 0 Å². The van der Waals surface area contributed by atoms with Crippen molar-refractivity contribution in [2.24, 2.45) is 0 Å². The topological polar surface area (TPSA) is 29.1 Å². The first kappa shape index (κ1) is 10.8. The van der Waals surface area contributed by atoms with Crippen molar-refractivity contribution in [2.75, 3.05) is 7.05 Å². The van der Waals surface area contributed by atoms with Crippen LogP contribution in [0.5, 0.6) is 0 Å². The summed E-state index contributed by atoms with van der Waals surface area (Å²) < 4.78 is 0. The molecule has 0 spiro atoms. The molecule has 1 N–H and O–H groups in total. The molecule has 2 nitrogen and oxygen atoms in total. The molecule has 76 valence electrons. The monoisotopic (exact) mass is 191 g/mol.